The Labute approximate surface area is 198 Å². The van der Waals surface area contributed by atoms with Gasteiger partial charge in [0.05, 0.1) is 18.1 Å². The van der Waals surface area contributed by atoms with Crippen molar-refractivity contribution in [2.24, 2.45) is 23.7 Å². The van der Waals surface area contributed by atoms with E-state index in [4.69, 9.17) is 0 Å². The van der Waals surface area contributed by atoms with Gasteiger partial charge in [0.2, 0.25) is 5.91 Å². The van der Waals surface area contributed by atoms with Crippen LogP contribution in [-0.2, 0) is 4.79 Å². The van der Waals surface area contributed by atoms with E-state index in [-0.39, 0.29) is 35.6 Å². The van der Waals surface area contributed by atoms with E-state index in [1.807, 2.05) is 31.2 Å². The predicted molar refractivity (Wildman–Crippen MR) is 135 cm³/mol. The fourth-order valence-corrected chi connectivity index (χ4v) is 4.99. The molecule has 0 spiro atoms. The van der Waals surface area contributed by atoms with Crippen molar-refractivity contribution in [3.8, 4) is 0 Å². The fourth-order valence-electron chi connectivity index (χ4n) is 4.99. The van der Waals surface area contributed by atoms with Gasteiger partial charge in [0.1, 0.15) is 0 Å². The molecule has 7 atom stereocenters. The van der Waals surface area contributed by atoms with Gasteiger partial charge in [0, 0.05) is 17.9 Å². The molecule has 1 aliphatic heterocycles. The highest BCUT2D eigenvalue weighted by atomic mass is 16.3. The summed E-state index contributed by atoms with van der Waals surface area (Å²) in [6.07, 6.45) is 26.7. The van der Waals surface area contributed by atoms with Crippen LogP contribution in [0.25, 0.3) is 0 Å². The van der Waals surface area contributed by atoms with Crippen LogP contribution in [0, 0.1) is 23.7 Å². The average molecular weight is 450 g/mol. The number of fused-ring (bicyclic) bond motifs is 2. The lowest BCUT2D eigenvalue weighted by Crippen LogP contribution is -2.47. The second-order valence-corrected chi connectivity index (χ2v) is 9.55. The lowest BCUT2D eigenvalue weighted by Gasteiger charge is -2.35. The monoisotopic (exact) mass is 449 g/mol. The zero-order valence-corrected chi connectivity index (χ0v) is 20.1. The van der Waals surface area contributed by atoms with Crippen molar-refractivity contribution in [2.45, 2.75) is 64.7 Å². The summed E-state index contributed by atoms with van der Waals surface area (Å²) in [5.74, 6) is -0.215. The molecule has 0 saturated carbocycles. The normalized spacial score (nSPS) is 39.9. The van der Waals surface area contributed by atoms with Crippen LogP contribution in [0.2, 0.25) is 0 Å². The largest absolute Gasteiger partial charge is 0.389 e. The van der Waals surface area contributed by atoms with Gasteiger partial charge < -0.3 is 15.5 Å². The molecular formula is C29H39NO3. The molecule has 0 radical (unpaired) electrons. The highest BCUT2D eigenvalue weighted by molar-refractivity contribution is 5.82. The standard InChI is InChI=1S/C29H39NO3/c1-4-5-6-7-8-9-12-24-19-22-15-14-20(2)18-23-16-17-26(31)28(32)27(23)21(3)11-10-13-25(22)29(33)30-24/h6-11,13-18,22-28,31-32H,4-5,12,19H2,1-3H3,(H,30,33)/b7-6+,9-8+,13-10+,15-14+,20-18-,21-11+/t22-,23-,24+,25+,26-,27-,28-/m0/s1. The number of unbranched alkanes of at least 4 members (excludes halogenated alkanes) is 1. The number of hydrogen-bond donors (Lipinski definition) is 3. The number of amides is 1. The van der Waals surface area contributed by atoms with E-state index in [9.17, 15) is 15.0 Å². The Morgan fingerprint density at radius 2 is 1.88 bits per heavy atom. The average Bonchev–Trinajstić information content (AvgIpc) is 2.78. The molecule has 0 aromatic heterocycles. The second kappa shape index (κ2) is 12.2. The fraction of sp³-hybridized carbons (Fsp3) is 0.483. The van der Waals surface area contributed by atoms with E-state index in [2.05, 4.69) is 61.7 Å². The molecule has 0 bridgehead atoms. The van der Waals surface area contributed by atoms with Crippen LogP contribution in [0.5, 0.6) is 0 Å². The number of hydrogen-bond acceptors (Lipinski definition) is 3. The van der Waals surface area contributed by atoms with Crippen LogP contribution < -0.4 is 5.32 Å². The van der Waals surface area contributed by atoms with Gasteiger partial charge in [-0.25, -0.2) is 0 Å². The smallest absolute Gasteiger partial charge is 0.227 e. The third-order valence-electron chi connectivity index (χ3n) is 6.85. The number of nitrogens with one attached hydrogen (secondary N) is 1. The summed E-state index contributed by atoms with van der Waals surface area (Å²) >= 11 is 0. The Morgan fingerprint density at radius 1 is 1.09 bits per heavy atom. The number of carbonyl (C=O) groups excluding carboxylic acids is 1. The van der Waals surface area contributed by atoms with Crippen molar-refractivity contribution in [3.05, 3.63) is 84.1 Å². The van der Waals surface area contributed by atoms with Gasteiger partial charge in [-0.15, -0.1) is 0 Å². The van der Waals surface area contributed by atoms with E-state index in [1.165, 1.54) is 0 Å². The number of carbonyl (C=O) groups is 1. The molecule has 178 valence electrons. The molecular weight excluding hydrogens is 410 g/mol. The number of allylic oxidation sites excluding steroid dienone is 10. The van der Waals surface area contributed by atoms with Crippen molar-refractivity contribution in [2.75, 3.05) is 0 Å². The minimum absolute atomic E-state index is 0.0150. The van der Waals surface area contributed by atoms with E-state index in [1.54, 1.807) is 6.08 Å². The first-order valence-corrected chi connectivity index (χ1v) is 12.3. The van der Waals surface area contributed by atoms with Gasteiger partial charge in [-0.05, 0) is 39.0 Å². The first-order chi connectivity index (χ1) is 15.9. The van der Waals surface area contributed by atoms with E-state index in [0.717, 1.165) is 36.8 Å². The van der Waals surface area contributed by atoms with Gasteiger partial charge >= 0.3 is 0 Å². The Hall–Kier alpha value is -2.43. The molecule has 0 aromatic carbocycles. The molecule has 1 heterocycles. The summed E-state index contributed by atoms with van der Waals surface area (Å²) in [7, 11) is 0. The van der Waals surface area contributed by atoms with Crippen LogP contribution in [0.15, 0.2) is 84.1 Å². The third-order valence-corrected chi connectivity index (χ3v) is 6.85. The Balaban J connectivity index is 1.81. The third kappa shape index (κ3) is 6.78. The molecule has 1 fully saturated rings. The van der Waals surface area contributed by atoms with Crippen LogP contribution in [0.4, 0.5) is 0 Å². The summed E-state index contributed by atoms with van der Waals surface area (Å²) in [6.45, 7) is 6.21. The van der Waals surface area contributed by atoms with Crippen molar-refractivity contribution < 1.29 is 15.0 Å². The highest BCUT2D eigenvalue weighted by Crippen LogP contribution is 2.34. The van der Waals surface area contributed by atoms with Crippen LogP contribution in [0.3, 0.4) is 0 Å². The summed E-state index contributed by atoms with van der Waals surface area (Å²) in [6, 6.07) is 0.129. The lowest BCUT2D eigenvalue weighted by molar-refractivity contribution is -0.127. The zero-order valence-electron chi connectivity index (χ0n) is 20.1. The van der Waals surface area contributed by atoms with E-state index >= 15 is 0 Å². The van der Waals surface area contributed by atoms with Crippen molar-refractivity contribution in [1.29, 1.82) is 0 Å². The Bertz CT molecular complexity index is 889. The Kier molecular flexibility index (Phi) is 9.28. The maximum Gasteiger partial charge on any atom is 0.227 e. The maximum absolute atomic E-state index is 13.0. The summed E-state index contributed by atoms with van der Waals surface area (Å²) in [5, 5.41) is 24.0. The van der Waals surface area contributed by atoms with Crippen LogP contribution >= 0.6 is 0 Å². The molecule has 1 amide bonds. The minimum atomic E-state index is -0.864. The van der Waals surface area contributed by atoms with Crippen LogP contribution in [-0.4, -0.2) is 34.4 Å². The molecule has 3 rings (SSSR count). The predicted octanol–water partition coefficient (Wildman–Crippen LogP) is 4.95. The number of aliphatic hydroxyl groups is 2. The first kappa shape index (κ1) is 25.2. The molecule has 1 saturated heterocycles. The van der Waals surface area contributed by atoms with Crippen LogP contribution in [0.1, 0.15) is 46.5 Å². The molecule has 2 aliphatic carbocycles. The number of piperidine rings is 1. The summed E-state index contributed by atoms with van der Waals surface area (Å²) in [5.41, 5.74) is 2.09. The Morgan fingerprint density at radius 3 is 2.67 bits per heavy atom. The highest BCUT2D eigenvalue weighted by Gasteiger charge is 2.35. The summed E-state index contributed by atoms with van der Waals surface area (Å²) < 4.78 is 0. The van der Waals surface area contributed by atoms with Crippen molar-refractivity contribution in [1.82, 2.24) is 5.32 Å². The SMILES string of the molecule is CCC/C=C/C=C/C[C@@H]1C[C@@H]2/C=C/C(C)=C\[C@@H]3C=C[C@H](O)[C@H](O)[C@H]3/C(C)=C/C=C/[C@H]2C(=O)N1. The molecule has 4 heteroatoms. The number of aliphatic hydroxyl groups excluding tert-OH is 2. The van der Waals surface area contributed by atoms with Gasteiger partial charge in [0.15, 0.2) is 0 Å². The molecule has 3 aliphatic rings. The van der Waals surface area contributed by atoms with E-state index in [0.29, 0.717) is 0 Å². The summed E-state index contributed by atoms with van der Waals surface area (Å²) in [4.78, 5) is 13.0. The molecule has 3 N–H and O–H groups in total. The van der Waals surface area contributed by atoms with Gasteiger partial charge in [-0.3, -0.25) is 4.79 Å². The van der Waals surface area contributed by atoms with Gasteiger partial charge in [-0.2, -0.15) is 0 Å². The maximum atomic E-state index is 13.0. The lowest BCUT2D eigenvalue weighted by atomic mass is 9.75. The topological polar surface area (TPSA) is 69.6 Å². The molecule has 0 unspecified atom stereocenters. The molecule has 0 aromatic rings. The zero-order chi connectivity index (χ0) is 23.8. The second-order valence-electron chi connectivity index (χ2n) is 9.55. The van der Waals surface area contributed by atoms with Crippen molar-refractivity contribution in [3.63, 3.8) is 0 Å². The van der Waals surface area contributed by atoms with Gasteiger partial charge in [0.25, 0.3) is 0 Å². The molecule has 4 nitrogen and oxygen atoms in total. The number of rotatable bonds is 5. The minimum Gasteiger partial charge on any atom is -0.389 e. The van der Waals surface area contributed by atoms with Gasteiger partial charge in [-0.1, -0.05) is 97.4 Å². The molecule has 33 heavy (non-hydrogen) atoms. The quantitative estimate of drug-likeness (QED) is 0.411. The first-order valence-electron chi connectivity index (χ1n) is 12.3. The van der Waals surface area contributed by atoms with E-state index < -0.39 is 12.2 Å². The van der Waals surface area contributed by atoms with Crippen molar-refractivity contribution >= 4 is 5.91 Å².